The minimum absolute atomic E-state index is 0.307. The molecule has 0 radical (unpaired) electrons. The number of nitrogens with zero attached hydrogens (tertiary/aromatic N) is 5. The van der Waals surface area contributed by atoms with Gasteiger partial charge in [0.1, 0.15) is 23.7 Å². The first-order valence-electron chi connectivity index (χ1n) is 9.36. The number of thiol groups is 1. The van der Waals surface area contributed by atoms with Crippen molar-refractivity contribution in [3.63, 3.8) is 0 Å². The van der Waals surface area contributed by atoms with Gasteiger partial charge in [0.25, 0.3) is 0 Å². The third-order valence-electron chi connectivity index (χ3n) is 4.14. The fourth-order valence-electron chi connectivity index (χ4n) is 2.55. The second-order valence-electron chi connectivity index (χ2n) is 6.77. The molecule has 0 spiro atoms. The molecule has 2 heterocycles. The average Bonchev–Trinajstić information content (AvgIpc) is 2.73. The lowest BCUT2D eigenvalue weighted by atomic mass is 10.1. The van der Waals surface area contributed by atoms with E-state index in [0.717, 1.165) is 17.9 Å². The van der Waals surface area contributed by atoms with Gasteiger partial charge in [-0.25, -0.2) is 14.8 Å². The lowest BCUT2D eigenvalue weighted by Crippen LogP contribution is -2.27. The molecule has 0 aliphatic heterocycles. The van der Waals surface area contributed by atoms with Crippen molar-refractivity contribution in [3.05, 3.63) is 55.3 Å². The molecule has 0 atom stereocenters. The van der Waals surface area contributed by atoms with Crippen molar-refractivity contribution in [1.82, 2.24) is 24.2 Å². The first kappa shape index (κ1) is 21.5. The molecule has 2 amide bonds. The summed E-state index contributed by atoms with van der Waals surface area (Å²) in [4.78, 5) is 27.5. The van der Waals surface area contributed by atoms with E-state index in [1.54, 1.807) is 24.4 Å². The van der Waals surface area contributed by atoms with Crippen LogP contribution in [0.25, 0.3) is 22.4 Å². The molecule has 8 nitrogen and oxygen atoms in total. The molecule has 0 saturated carbocycles. The third kappa shape index (κ3) is 5.68. The molecule has 30 heavy (non-hydrogen) atoms. The van der Waals surface area contributed by atoms with Gasteiger partial charge in [-0.2, -0.15) is 0 Å². The summed E-state index contributed by atoms with van der Waals surface area (Å²) in [6, 6.07) is 10.7. The first-order valence-corrected chi connectivity index (χ1v) is 9.76. The number of pyridine rings is 1. The summed E-state index contributed by atoms with van der Waals surface area (Å²) in [5, 5.41) is 2.68. The van der Waals surface area contributed by atoms with Crippen molar-refractivity contribution < 1.29 is 9.53 Å². The van der Waals surface area contributed by atoms with Crippen LogP contribution in [0.3, 0.4) is 0 Å². The quantitative estimate of drug-likeness (QED) is 0.425. The number of rotatable bonds is 8. The third-order valence-corrected chi connectivity index (χ3v) is 4.48. The van der Waals surface area contributed by atoms with E-state index in [9.17, 15) is 4.79 Å². The Kier molecular flexibility index (Phi) is 7.21. The van der Waals surface area contributed by atoms with Crippen LogP contribution in [0.2, 0.25) is 0 Å². The Morgan fingerprint density at radius 3 is 2.67 bits per heavy atom. The van der Waals surface area contributed by atoms with Crippen LogP contribution in [0.15, 0.2) is 55.3 Å². The van der Waals surface area contributed by atoms with E-state index in [1.165, 1.54) is 4.31 Å². The van der Waals surface area contributed by atoms with E-state index >= 15 is 0 Å². The Morgan fingerprint density at radius 1 is 1.20 bits per heavy atom. The van der Waals surface area contributed by atoms with Crippen molar-refractivity contribution in [2.24, 2.45) is 0 Å². The van der Waals surface area contributed by atoms with Crippen LogP contribution in [0.4, 0.5) is 10.6 Å². The Bertz CT molecular complexity index is 1030. The molecule has 3 aromatic rings. The van der Waals surface area contributed by atoms with E-state index in [0.29, 0.717) is 35.8 Å². The second kappa shape index (κ2) is 10.0. The Hall–Kier alpha value is -3.17. The maximum atomic E-state index is 12.1. The number of fused-ring (bicyclic) bond motifs is 1. The molecule has 1 N–H and O–H groups in total. The Morgan fingerprint density at radius 2 is 1.97 bits per heavy atom. The Balaban J connectivity index is 1.75. The van der Waals surface area contributed by atoms with Gasteiger partial charge in [-0.1, -0.05) is 18.9 Å². The molecular formula is C21H24N6O2S. The number of hydrogen-bond donors (Lipinski definition) is 2. The molecule has 0 aliphatic rings. The van der Waals surface area contributed by atoms with Crippen molar-refractivity contribution in [2.45, 2.75) is 0 Å². The normalized spacial score (nSPS) is 10.8. The number of urea groups is 1. The highest BCUT2D eigenvalue weighted by Gasteiger charge is 2.11. The molecule has 3 rings (SSSR count). The molecule has 0 saturated heterocycles. The zero-order chi connectivity index (χ0) is 21.5. The van der Waals surface area contributed by atoms with Crippen molar-refractivity contribution >= 4 is 35.8 Å². The SMILES string of the molecule is C=CCN(S)C(=O)Nc1ccc2ncc(-c3ccc(OCCN(C)C)cc3)nc2n1. The first-order chi connectivity index (χ1) is 14.5. The molecular weight excluding hydrogens is 400 g/mol. The Labute approximate surface area is 181 Å². The van der Waals surface area contributed by atoms with Crippen LogP contribution in [0, 0.1) is 0 Å². The van der Waals surface area contributed by atoms with Gasteiger partial charge in [0.15, 0.2) is 5.65 Å². The lowest BCUT2D eigenvalue weighted by molar-refractivity contribution is 0.241. The predicted octanol–water partition coefficient (Wildman–Crippen LogP) is 3.50. The topological polar surface area (TPSA) is 83.5 Å². The van der Waals surface area contributed by atoms with Gasteiger partial charge in [0, 0.05) is 12.1 Å². The van der Waals surface area contributed by atoms with Gasteiger partial charge >= 0.3 is 6.03 Å². The highest BCUT2D eigenvalue weighted by Crippen LogP contribution is 2.22. The summed E-state index contributed by atoms with van der Waals surface area (Å²) >= 11 is 4.09. The van der Waals surface area contributed by atoms with Gasteiger partial charge in [-0.05, 0) is 50.5 Å². The monoisotopic (exact) mass is 424 g/mol. The number of hydrogen-bond acceptors (Lipinski definition) is 7. The minimum atomic E-state index is -0.404. The van der Waals surface area contributed by atoms with Crippen LogP contribution in [-0.2, 0) is 0 Å². The van der Waals surface area contributed by atoms with E-state index in [4.69, 9.17) is 4.74 Å². The van der Waals surface area contributed by atoms with Crippen LogP contribution in [0.5, 0.6) is 5.75 Å². The summed E-state index contributed by atoms with van der Waals surface area (Å²) in [7, 11) is 4.01. The van der Waals surface area contributed by atoms with E-state index in [1.807, 2.05) is 38.4 Å². The van der Waals surface area contributed by atoms with Crippen LogP contribution in [0.1, 0.15) is 0 Å². The molecule has 0 unspecified atom stereocenters. The molecule has 2 aromatic heterocycles. The summed E-state index contributed by atoms with van der Waals surface area (Å²) in [6.07, 6.45) is 3.28. The van der Waals surface area contributed by atoms with E-state index < -0.39 is 6.03 Å². The number of benzene rings is 1. The van der Waals surface area contributed by atoms with Crippen LogP contribution >= 0.6 is 12.8 Å². The van der Waals surface area contributed by atoms with Crippen LogP contribution < -0.4 is 10.1 Å². The zero-order valence-electron chi connectivity index (χ0n) is 16.9. The van der Waals surface area contributed by atoms with Crippen molar-refractivity contribution in [2.75, 3.05) is 39.1 Å². The number of ether oxygens (including phenoxy) is 1. The second-order valence-corrected chi connectivity index (χ2v) is 7.25. The molecule has 9 heteroatoms. The largest absolute Gasteiger partial charge is 0.492 e. The zero-order valence-corrected chi connectivity index (χ0v) is 17.8. The number of likely N-dealkylation sites (N-methyl/N-ethyl adjacent to an activating group) is 1. The van der Waals surface area contributed by atoms with Gasteiger partial charge < -0.3 is 9.64 Å². The number of aromatic nitrogens is 3. The number of carbonyl (C=O) groups excluding carboxylic acids is 1. The van der Waals surface area contributed by atoms with Gasteiger partial charge in [-0.3, -0.25) is 14.6 Å². The summed E-state index contributed by atoms with van der Waals surface area (Å²) < 4.78 is 6.92. The fourth-order valence-corrected chi connectivity index (χ4v) is 2.72. The summed E-state index contributed by atoms with van der Waals surface area (Å²) in [5.41, 5.74) is 2.65. The average molecular weight is 425 g/mol. The minimum Gasteiger partial charge on any atom is -0.492 e. The van der Waals surface area contributed by atoms with Gasteiger partial charge in [0.05, 0.1) is 18.4 Å². The molecule has 0 aliphatic carbocycles. The standard InChI is InChI=1S/C21H24N6O2S/c1-4-11-27(30)21(28)25-19-10-9-17-20(24-19)23-18(14-22-17)15-5-7-16(8-6-15)29-13-12-26(2)3/h4-10,14,30H,1,11-13H2,2-3H3,(H,23,24,25,28). The number of amides is 2. The molecule has 1 aromatic carbocycles. The number of carbonyl (C=O) groups is 1. The molecule has 0 bridgehead atoms. The summed E-state index contributed by atoms with van der Waals surface area (Å²) in [6.45, 7) is 5.36. The molecule has 0 fully saturated rings. The van der Waals surface area contributed by atoms with E-state index in [2.05, 4.69) is 44.6 Å². The maximum absolute atomic E-state index is 12.1. The number of anilines is 1. The highest BCUT2D eigenvalue weighted by molar-refractivity contribution is 7.78. The predicted molar refractivity (Wildman–Crippen MR) is 122 cm³/mol. The van der Waals surface area contributed by atoms with E-state index in [-0.39, 0.29) is 0 Å². The van der Waals surface area contributed by atoms with Crippen molar-refractivity contribution in [1.29, 1.82) is 0 Å². The highest BCUT2D eigenvalue weighted by atomic mass is 32.1. The smallest absolute Gasteiger partial charge is 0.333 e. The van der Waals surface area contributed by atoms with Crippen molar-refractivity contribution in [3.8, 4) is 17.0 Å². The fraction of sp³-hybridized carbons (Fsp3) is 0.238. The van der Waals surface area contributed by atoms with Gasteiger partial charge in [-0.15, -0.1) is 6.58 Å². The lowest BCUT2D eigenvalue weighted by Gasteiger charge is -2.14. The maximum Gasteiger partial charge on any atom is 0.333 e. The van der Waals surface area contributed by atoms with Gasteiger partial charge in [0.2, 0.25) is 0 Å². The summed E-state index contributed by atoms with van der Waals surface area (Å²) in [5.74, 6) is 1.17. The van der Waals surface area contributed by atoms with Crippen LogP contribution in [-0.4, -0.2) is 64.0 Å². The number of nitrogens with one attached hydrogen (secondary N) is 1. The molecule has 156 valence electrons.